The summed E-state index contributed by atoms with van der Waals surface area (Å²) in [4.78, 5) is 3.57. The van der Waals surface area contributed by atoms with Crippen molar-refractivity contribution in [3.8, 4) is 0 Å². The van der Waals surface area contributed by atoms with E-state index in [4.69, 9.17) is 5.73 Å². The summed E-state index contributed by atoms with van der Waals surface area (Å²) >= 11 is 5.21. The number of anilines is 2. The maximum Gasteiger partial charge on any atom is 0.0601 e. The fourth-order valence-electron chi connectivity index (χ4n) is 1.74. The second kappa shape index (κ2) is 5.10. The normalized spacial score (nSPS) is 10.5. The molecule has 4 heteroatoms. The number of nitrogens with zero attached hydrogens (tertiary/aromatic N) is 1. The first-order valence-electron chi connectivity index (χ1n) is 5.37. The molecule has 0 saturated carbocycles. The minimum absolute atomic E-state index is 0.802. The Kier molecular flexibility index (Phi) is 3.74. The minimum Gasteiger partial charge on any atom is -0.397 e. The number of aryl methyl sites for hydroxylation is 1. The monoisotopic (exact) mass is 310 g/mol. The maximum absolute atomic E-state index is 6.02. The van der Waals surface area contributed by atoms with Crippen molar-refractivity contribution in [2.45, 2.75) is 13.5 Å². The zero-order valence-corrected chi connectivity index (χ0v) is 12.3. The van der Waals surface area contributed by atoms with E-state index >= 15 is 0 Å². The molecule has 0 amide bonds. The number of hydrogen-bond donors (Lipinski definition) is 1. The lowest BCUT2D eigenvalue weighted by atomic mass is 10.2. The summed E-state index contributed by atoms with van der Waals surface area (Å²) in [6, 6.07) is 8.15. The fourth-order valence-corrected chi connectivity index (χ4v) is 3.08. The van der Waals surface area contributed by atoms with Crippen LogP contribution in [0.3, 0.4) is 0 Å². The van der Waals surface area contributed by atoms with Gasteiger partial charge in [-0.1, -0.05) is 15.9 Å². The maximum atomic E-state index is 6.02. The molecule has 2 nitrogen and oxygen atoms in total. The molecule has 0 aliphatic carbocycles. The molecular formula is C13H15BrN2S. The Morgan fingerprint density at radius 3 is 2.71 bits per heavy atom. The van der Waals surface area contributed by atoms with Gasteiger partial charge in [0.05, 0.1) is 17.9 Å². The largest absolute Gasteiger partial charge is 0.397 e. The highest BCUT2D eigenvalue weighted by molar-refractivity contribution is 9.10. The highest BCUT2D eigenvalue weighted by Gasteiger charge is 2.08. The predicted octanol–water partition coefficient (Wildman–Crippen LogP) is 4.04. The molecule has 90 valence electrons. The van der Waals surface area contributed by atoms with Crippen LogP contribution < -0.4 is 10.6 Å². The second-order valence-electron chi connectivity index (χ2n) is 4.09. The molecule has 0 atom stereocenters. The number of halogens is 1. The molecule has 2 rings (SSSR count). The van der Waals surface area contributed by atoms with Crippen LogP contribution in [0.25, 0.3) is 0 Å². The highest BCUT2D eigenvalue weighted by Crippen LogP contribution is 2.28. The van der Waals surface area contributed by atoms with E-state index in [1.807, 2.05) is 18.2 Å². The van der Waals surface area contributed by atoms with Gasteiger partial charge in [0.25, 0.3) is 0 Å². The number of hydrogen-bond acceptors (Lipinski definition) is 3. The SMILES string of the molecule is Cc1ccsc1CN(C)c1ccc(Br)cc1N. The van der Waals surface area contributed by atoms with Crippen LogP contribution in [0.5, 0.6) is 0 Å². The molecule has 2 aromatic rings. The van der Waals surface area contributed by atoms with E-state index < -0.39 is 0 Å². The smallest absolute Gasteiger partial charge is 0.0601 e. The van der Waals surface area contributed by atoms with E-state index in [2.05, 4.69) is 46.2 Å². The van der Waals surface area contributed by atoms with Crippen LogP contribution in [0.4, 0.5) is 11.4 Å². The molecule has 0 radical (unpaired) electrons. The number of thiophene rings is 1. The average molecular weight is 311 g/mol. The summed E-state index contributed by atoms with van der Waals surface area (Å²) in [5, 5.41) is 2.13. The van der Waals surface area contributed by atoms with Crippen LogP contribution >= 0.6 is 27.3 Å². The Morgan fingerprint density at radius 1 is 1.35 bits per heavy atom. The zero-order chi connectivity index (χ0) is 12.4. The van der Waals surface area contributed by atoms with Crippen LogP contribution in [0.15, 0.2) is 34.1 Å². The Balaban J connectivity index is 2.20. The van der Waals surface area contributed by atoms with Crippen molar-refractivity contribution in [3.05, 3.63) is 44.6 Å². The van der Waals surface area contributed by atoms with Gasteiger partial charge in [-0.05, 0) is 42.1 Å². The molecule has 0 unspecified atom stereocenters. The Labute approximate surface area is 114 Å². The molecule has 0 bridgehead atoms. The standard InChI is InChI=1S/C13H15BrN2S/c1-9-5-6-17-13(9)8-16(2)12-4-3-10(14)7-11(12)15/h3-7H,8,15H2,1-2H3. The summed E-state index contributed by atoms with van der Waals surface area (Å²) in [5.41, 5.74) is 9.24. The number of rotatable bonds is 3. The fraction of sp³-hybridized carbons (Fsp3) is 0.231. The summed E-state index contributed by atoms with van der Waals surface area (Å²) in [5.74, 6) is 0. The van der Waals surface area contributed by atoms with Crippen molar-refractivity contribution in [3.63, 3.8) is 0 Å². The first-order chi connectivity index (χ1) is 8.08. The first-order valence-corrected chi connectivity index (χ1v) is 7.04. The number of nitrogens with two attached hydrogens (primary N) is 1. The Hall–Kier alpha value is -1.00. The lowest BCUT2D eigenvalue weighted by Crippen LogP contribution is -2.17. The summed E-state index contributed by atoms with van der Waals surface area (Å²) in [6.07, 6.45) is 0. The number of benzene rings is 1. The topological polar surface area (TPSA) is 29.3 Å². The third-order valence-corrected chi connectivity index (χ3v) is 4.25. The zero-order valence-electron chi connectivity index (χ0n) is 9.90. The summed E-state index contributed by atoms with van der Waals surface area (Å²) < 4.78 is 1.01. The molecule has 0 aliphatic heterocycles. The summed E-state index contributed by atoms with van der Waals surface area (Å²) in [6.45, 7) is 3.04. The summed E-state index contributed by atoms with van der Waals surface area (Å²) in [7, 11) is 2.07. The van der Waals surface area contributed by atoms with Gasteiger partial charge in [0.15, 0.2) is 0 Å². The van der Waals surface area contributed by atoms with Gasteiger partial charge in [-0.2, -0.15) is 0 Å². The molecule has 0 fully saturated rings. The van der Waals surface area contributed by atoms with Crippen LogP contribution in [-0.2, 0) is 6.54 Å². The van der Waals surface area contributed by atoms with Crippen molar-refractivity contribution >= 4 is 38.6 Å². The third kappa shape index (κ3) is 2.82. The van der Waals surface area contributed by atoms with E-state index in [1.54, 1.807) is 11.3 Å². The third-order valence-electron chi connectivity index (χ3n) is 2.75. The van der Waals surface area contributed by atoms with Crippen molar-refractivity contribution in [2.75, 3.05) is 17.7 Å². The molecular weight excluding hydrogens is 296 g/mol. The van der Waals surface area contributed by atoms with E-state index in [-0.39, 0.29) is 0 Å². The average Bonchev–Trinajstić information content (AvgIpc) is 2.64. The lowest BCUT2D eigenvalue weighted by molar-refractivity contribution is 0.935. The first kappa shape index (κ1) is 12.5. The lowest BCUT2D eigenvalue weighted by Gasteiger charge is -2.21. The molecule has 1 aromatic heterocycles. The second-order valence-corrected chi connectivity index (χ2v) is 6.00. The van der Waals surface area contributed by atoms with Gasteiger partial charge in [0.2, 0.25) is 0 Å². The van der Waals surface area contributed by atoms with Gasteiger partial charge in [0, 0.05) is 16.4 Å². The van der Waals surface area contributed by atoms with E-state index in [0.717, 1.165) is 22.4 Å². The molecule has 0 aliphatic rings. The molecule has 2 N–H and O–H groups in total. The van der Waals surface area contributed by atoms with Crippen LogP contribution in [-0.4, -0.2) is 7.05 Å². The van der Waals surface area contributed by atoms with Crippen molar-refractivity contribution in [1.82, 2.24) is 0 Å². The van der Waals surface area contributed by atoms with Gasteiger partial charge in [-0.15, -0.1) is 11.3 Å². The van der Waals surface area contributed by atoms with Crippen molar-refractivity contribution < 1.29 is 0 Å². The quantitative estimate of drug-likeness (QED) is 0.867. The predicted molar refractivity (Wildman–Crippen MR) is 79.7 cm³/mol. The van der Waals surface area contributed by atoms with Gasteiger partial charge >= 0.3 is 0 Å². The molecule has 0 saturated heterocycles. The molecule has 1 aromatic carbocycles. The van der Waals surface area contributed by atoms with Gasteiger partial charge in [-0.3, -0.25) is 0 Å². The van der Waals surface area contributed by atoms with Crippen LogP contribution in [0.2, 0.25) is 0 Å². The van der Waals surface area contributed by atoms with Crippen molar-refractivity contribution in [2.24, 2.45) is 0 Å². The van der Waals surface area contributed by atoms with Gasteiger partial charge in [-0.25, -0.2) is 0 Å². The van der Waals surface area contributed by atoms with Crippen molar-refractivity contribution in [1.29, 1.82) is 0 Å². The van der Waals surface area contributed by atoms with Crippen LogP contribution in [0, 0.1) is 6.92 Å². The highest BCUT2D eigenvalue weighted by atomic mass is 79.9. The Bertz CT molecular complexity index is 522. The molecule has 17 heavy (non-hydrogen) atoms. The molecule has 1 heterocycles. The number of nitrogen functional groups attached to an aromatic ring is 1. The van der Waals surface area contributed by atoms with Crippen LogP contribution in [0.1, 0.15) is 10.4 Å². The van der Waals surface area contributed by atoms with E-state index in [1.165, 1.54) is 10.4 Å². The van der Waals surface area contributed by atoms with E-state index in [0.29, 0.717) is 0 Å². The van der Waals surface area contributed by atoms with Gasteiger partial charge in [0.1, 0.15) is 0 Å². The van der Waals surface area contributed by atoms with Gasteiger partial charge < -0.3 is 10.6 Å². The van der Waals surface area contributed by atoms with E-state index in [9.17, 15) is 0 Å². The molecule has 0 spiro atoms. The Morgan fingerprint density at radius 2 is 2.12 bits per heavy atom. The minimum atomic E-state index is 0.802.